The molecule has 1 saturated heterocycles. The number of nitrogens with one attached hydrogen (secondary N) is 1. The average Bonchev–Trinajstić information content (AvgIpc) is 3.21. The maximum atomic E-state index is 12.3. The Labute approximate surface area is 140 Å². The number of nitrogens with zero attached hydrogens (tertiary/aromatic N) is 4. The Morgan fingerprint density at radius 1 is 1.29 bits per heavy atom. The van der Waals surface area contributed by atoms with Crippen LogP contribution in [0, 0.1) is 5.92 Å². The SMILES string of the molecule is Cn1ccnc1[C@@H]1OCC[C@H]1CNC(=O)c1cnc(C2CC2)nc1. The highest BCUT2D eigenvalue weighted by atomic mass is 16.5. The van der Waals surface area contributed by atoms with Crippen LogP contribution in [0.1, 0.15) is 53.3 Å². The molecule has 7 heteroatoms. The Hall–Kier alpha value is -2.28. The summed E-state index contributed by atoms with van der Waals surface area (Å²) in [5.41, 5.74) is 0.506. The minimum Gasteiger partial charge on any atom is -0.370 e. The maximum Gasteiger partial charge on any atom is 0.254 e. The van der Waals surface area contributed by atoms with Crippen molar-refractivity contribution in [2.75, 3.05) is 13.2 Å². The quantitative estimate of drug-likeness (QED) is 0.902. The number of carbonyl (C=O) groups is 1. The third kappa shape index (κ3) is 3.03. The van der Waals surface area contributed by atoms with Crippen LogP contribution in [0.25, 0.3) is 0 Å². The Balaban J connectivity index is 1.36. The van der Waals surface area contributed by atoms with E-state index in [1.165, 1.54) is 0 Å². The summed E-state index contributed by atoms with van der Waals surface area (Å²) in [6, 6.07) is 0. The normalized spacial score (nSPS) is 23.4. The van der Waals surface area contributed by atoms with Crippen molar-refractivity contribution >= 4 is 5.91 Å². The number of ether oxygens (including phenoxy) is 1. The van der Waals surface area contributed by atoms with E-state index in [2.05, 4.69) is 20.3 Å². The van der Waals surface area contributed by atoms with Crippen molar-refractivity contribution in [3.8, 4) is 0 Å². The summed E-state index contributed by atoms with van der Waals surface area (Å²) in [4.78, 5) is 25.3. The van der Waals surface area contributed by atoms with Crippen LogP contribution in [0.5, 0.6) is 0 Å². The van der Waals surface area contributed by atoms with Gasteiger partial charge >= 0.3 is 0 Å². The first-order valence-electron chi connectivity index (χ1n) is 8.41. The van der Waals surface area contributed by atoms with Gasteiger partial charge < -0.3 is 14.6 Å². The zero-order valence-corrected chi connectivity index (χ0v) is 13.7. The monoisotopic (exact) mass is 327 g/mol. The Kier molecular flexibility index (Phi) is 4.02. The summed E-state index contributed by atoms with van der Waals surface area (Å²) in [7, 11) is 1.96. The molecule has 24 heavy (non-hydrogen) atoms. The molecule has 2 fully saturated rings. The number of hydrogen-bond acceptors (Lipinski definition) is 5. The summed E-state index contributed by atoms with van der Waals surface area (Å²) in [6.45, 7) is 1.25. The first kappa shape index (κ1) is 15.3. The summed E-state index contributed by atoms with van der Waals surface area (Å²) < 4.78 is 7.79. The first-order chi connectivity index (χ1) is 11.7. The third-order valence-electron chi connectivity index (χ3n) is 4.73. The molecular weight excluding hydrogens is 306 g/mol. The number of hydrogen-bond donors (Lipinski definition) is 1. The molecular formula is C17H21N5O2. The van der Waals surface area contributed by atoms with E-state index in [1.54, 1.807) is 18.6 Å². The van der Waals surface area contributed by atoms with Gasteiger partial charge in [-0.3, -0.25) is 4.79 Å². The average molecular weight is 327 g/mol. The topological polar surface area (TPSA) is 81.9 Å². The molecule has 2 aliphatic rings. The Bertz CT molecular complexity index is 723. The minimum absolute atomic E-state index is 0.0706. The van der Waals surface area contributed by atoms with Crippen molar-refractivity contribution in [3.05, 3.63) is 42.0 Å². The zero-order valence-electron chi connectivity index (χ0n) is 13.7. The largest absolute Gasteiger partial charge is 0.370 e. The van der Waals surface area contributed by atoms with Gasteiger partial charge in [-0.05, 0) is 19.3 Å². The highest BCUT2D eigenvalue weighted by Gasteiger charge is 2.32. The second-order valence-electron chi connectivity index (χ2n) is 6.55. The van der Waals surface area contributed by atoms with E-state index in [9.17, 15) is 4.79 Å². The van der Waals surface area contributed by atoms with Crippen molar-refractivity contribution in [3.63, 3.8) is 0 Å². The lowest BCUT2D eigenvalue weighted by atomic mass is 10.0. The smallest absolute Gasteiger partial charge is 0.254 e. The number of carbonyl (C=O) groups excluding carboxylic acids is 1. The predicted molar refractivity (Wildman–Crippen MR) is 86.3 cm³/mol. The fourth-order valence-corrected chi connectivity index (χ4v) is 3.11. The summed E-state index contributed by atoms with van der Waals surface area (Å²) in [6.07, 6.45) is 10.1. The van der Waals surface area contributed by atoms with E-state index in [4.69, 9.17) is 4.74 Å². The molecule has 1 amide bonds. The van der Waals surface area contributed by atoms with Gasteiger partial charge in [0.1, 0.15) is 17.8 Å². The van der Waals surface area contributed by atoms with Crippen molar-refractivity contribution in [2.24, 2.45) is 13.0 Å². The van der Waals surface area contributed by atoms with Crippen LogP contribution in [0.15, 0.2) is 24.8 Å². The van der Waals surface area contributed by atoms with Gasteiger partial charge in [0.25, 0.3) is 5.91 Å². The van der Waals surface area contributed by atoms with E-state index >= 15 is 0 Å². The molecule has 1 saturated carbocycles. The van der Waals surface area contributed by atoms with Crippen molar-refractivity contribution in [1.82, 2.24) is 24.8 Å². The molecule has 7 nitrogen and oxygen atoms in total. The maximum absolute atomic E-state index is 12.3. The Morgan fingerprint density at radius 3 is 2.75 bits per heavy atom. The molecule has 0 radical (unpaired) electrons. The molecule has 0 bridgehead atoms. The lowest BCUT2D eigenvalue weighted by Crippen LogP contribution is -2.31. The summed E-state index contributed by atoms with van der Waals surface area (Å²) >= 11 is 0. The highest BCUT2D eigenvalue weighted by molar-refractivity contribution is 5.93. The second kappa shape index (κ2) is 6.32. The standard InChI is InChI=1S/C17H21N5O2/c1-22-6-5-18-16(22)14-12(4-7-24-14)8-21-17(23)13-9-19-15(20-10-13)11-2-3-11/h5-6,9-12,14H,2-4,7-8H2,1H3,(H,21,23)/t12-,14+/m0/s1. The Morgan fingerprint density at radius 2 is 2.08 bits per heavy atom. The molecule has 2 aromatic rings. The van der Waals surface area contributed by atoms with Gasteiger partial charge in [0.15, 0.2) is 0 Å². The molecule has 1 aliphatic heterocycles. The van der Waals surface area contributed by atoms with Gasteiger partial charge in [-0.2, -0.15) is 0 Å². The second-order valence-corrected chi connectivity index (χ2v) is 6.55. The number of imidazole rings is 1. The van der Waals surface area contributed by atoms with Crippen LogP contribution >= 0.6 is 0 Å². The third-order valence-corrected chi connectivity index (χ3v) is 4.73. The van der Waals surface area contributed by atoms with Crippen LogP contribution in [0.4, 0.5) is 0 Å². The number of amides is 1. The van der Waals surface area contributed by atoms with Crippen LogP contribution in [-0.4, -0.2) is 38.6 Å². The fourth-order valence-electron chi connectivity index (χ4n) is 3.11. The lowest BCUT2D eigenvalue weighted by Gasteiger charge is -2.18. The van der Waals surface area contributed by atoms with Gasteiger partial charge in [0, 0.05) is 56.8 Å². The summed E-state index contributed by atoms with van der Waals surface area (Å²) in [5.74, 6) is 2.34. The predicted octanol–water partition coefficient (Wildman–Crippen LogP) is 1.60. The van der Waals surface area contributed by atoms with Crippen molar-refractivity contribution < 1.29 is 9.53 Å². The van der Waals surface area contributed by atoms with E-state index < -0.39 is 0 Å². The fraction of sp³-hybridized carbons (Fsp3) is 0.529. The van der Waals surface area contributed by atoms with Gasteiger partial charge in [0.05, 0.1) is 5.56 Å². The molecule has 1 aliphatic carbocycles. The summed E-state index contributed by atoms with van der Waals surface area (Å²) in [5, 5.41) is 2.98. The van der Waals surface area contributed by atoms with Crippen molar-refractivity contribution in [1.29, 1.82) is 0 Å². The highest BCUT2D eigenvalue weighted by Crippen LogP contribution is 2.37. The van der Waals surface area contributed by atoms with Gasteiger partial charge in [0.2, 0.25) is 0 Å². The van der Waals surface area contributed by atoms with E-state index in [-0.39, 0.29) is 17.9 Å². The molecule has 0 aromatic carbocycles. The number of aryl methyl sites for hydroxylation is 1. The van der Waals surface area contributed by atoms with Crippen LogP contribution in [0.3, 0.4) is 0 Å². The van der Waals surface area contributed by atoms with E-state index in [1.807, 2.05) is 17.8 Å². The minimum atomic E-state index is -0.136. The van der Waals surface area contributed by atoms with Crippen LogP contribution < -0.4 is 5.32 Å². The molecule has 0 unspecified atom stereocenters. The lowest BCUT2D eigenvalue weighted by molar-refractivity contribution is 0.0779. The van der Waals surface area contributed by atoms with Crippen molar-refractivity contribution in [2.45, 2.75) is 31.3 Å². The van der Waals surface area contributed by atoms with Crippen LogP contribution in [0.2, 0.25) is 0 Å². The molecule has 1 N–H and O–H groups in total. The molecule has 0 spiro atoms. The molecule has 126 valence electrons. The molecule has 2 aromatic heterocycles. The number of aromatic nitrogens is 4. The van der Waals surface area contributed by atoms with Gasteiger partial charge in [-0.25, -0.2) is 15.0 Å². The molecule has 4 rings (SSSR count). The van der Waals surface area contributed by atoms with Crippen LogP contribution in [-0.2, 0) is 11.8 Å². The first-order valence-corrected chi connectivity index (χ1v) is 8.41. The van der Waals surface area contributed by atoms with E-state index in [0.29, 0.717) is 24.6 Å². The molecule has 2 atom stereocenters. The zero-order chi connectivity index (χ0) is 16.5. The number of rotatable bonds is 5. The van der Waals surface area contributed by atoms with E-state index in [0.717, 1.165) is 30.9 Å². The van der Waals surface area contributed by atoms with Gasteiger partial charge in [-0.15, -0.1) is 0 Å². The molecule has 3 heterocycles. The van der Waals surface area contributed by atoms with Gasteiger partial charge in [-0.1, -0.05) is 0 Å².